The summed E-state index contributed by atoms with van der Waals surface area (Å²) in [6.45, 7) is 2.06. The van der Waals surface area contributed by atoms with Crippen LogP contribution in [0.1, 0.15) is 5.56 Å². The number of fused-ring (bicyclic) bond motifs is 3. The zero-order valence-corrected chi connectivity index (χ0v) is 14.7. The number of hydrogen-bond acceptors (Lipinski definition) is 2. The molecular formula is C23H16FN3. The van der Waals surface area contributed by atoms with Crippen LogP contribution in [-0.4, -0.2) is 14.8 Å². The zero-order valence-electron chi connectivity index (χ0n) is 14.7. The average molecular weight is 353 g/mol. The molecule has 0 N–H and O–H groups in total. The van der Waals surface area contributed by atoms with Gasteiger partial charge in [0.05, 0.1) is 16.7 Å². The minimum absolute atomic E-state index is 0.263. The molecule has 0 aliphatic heterocycles. The molecule has 0 aliphatic rings. The molecule has 3 nitrogen and oxygen atoms in total. The van der Waals surface area contributed by atoms with Crippen molar-refractivity contribution in [2.75, 3.05) is 0 Å². The number of rotatable bonds is 2. The molecule has 27 heavy (non-hydrogen) atoms. The molecule has 5 rings (SSSR count). The number of benzene rings is 3. The first kappa shape index (κ1) is 15.7. The van der Waals surface area contributed by atoms with Crippen molar-refractivity contribution in [3.63, 3.8) is 0 Å². The van der Waals surface area contributed by atoms with Crippen molar-refractivity contribution in [3.05, 3.63) is 90.4 Å². The van der Waals surface area contributed by atoms with Gasteiger partial charge in [-0.15, -0.1) is 0 Å². The van der Waals surface area contributed by atoms with Crippen LogP contribution < -0.4 is 0 Å². The molecule has 0 saturated heterocycles. The van der Waals surface area contributed by atoms with Crippen molar-refractivity contribution >= 4 is 21.8 Å². The quantitative estimate of drug-likeness (QED) is 0.408. The lowest BCUT2D eigenvalue weighted by Crippen LogP contribution is -1.97. The van der Waals surface area contributed by atoms with E-state index in [-0.39, 0.29) is 5.82 Å². The second kappa shape index (κ2) is 6.02. The lowest BCUT2D eigenvalue weighted by atomic mass is 10.1. The van der Waals surface area contributed by atoms with Gasteiger partial charge in [0, 0.05) is 22.5 Å². The first-order valence-electron chi connectivity index (χ1n) is 8.80. The van der Waals surface area contributed by atoms with Crippen LogP contribution in [0.3, 0.4) is 0 Å². The van der Waals surface area contributed by atoms with E-state index in [0.717, 1.165) is 44.3 Å². The topological polar surface area (TPSA) is 30.7 Å². The second-order valence-electron chi connectivity index (χ2n) is 6.64. The molecule has 0 unspecified atom stereocenters. The Balaban J connectivity index is 1.92. The van der Waals surface area contributed by atoms with Crippen molar-refractivity contribution in [3.8, 4) is 16.9 Å². The van der Waals surface area contributed by atoms with Gasteiger partial charge in [0.2, 0.25) is 0 Å². The van der Waals surface area contributed by atoms with Crippen molar-refractivity contribution in [1.29, 1.82) is 0 Å². The van der Waals surface area contributed by atoms with Gasteiger partial charge in [0.15, 0.2) is 0 Å². The fraction of sp³-hybridized carbons (Fsp3) is 0.0435. The van der Waals surface area contributed by atoms with Crippen LogP contribution in [0, 0.1) is 12.7 Å². The molecule has 3 aromatic carbocycles. The van der Waals surface area contributed by atoms with Gasteiger partial charge in [-0.1, -0.05) is 42.0 Å². The van der Waals surface area contributed by atoms with Crippen LogP contribution in [-0.2, 0) is 0 Å². The maximum Gasteiger partial charge on any atom is 0.123 e. The summed E-state index contributed by atoms with van der Waals surface area (Å²) in [5.74, 6) is -0.263. The van der Waals surface area contributed by atoms with E-state index >= 15 is 0 Å². The second-order valence-corrected chi connectivity index (χ2v) is 6.64. The maximum atomic E-state index is 13.5. The van der Waals surface area contributed by atoms with Crippen molar-refractivity contribution in [1.82, 2.24) is 14.8 Å². The highest BCUT2D eigenvalue weighted by molar-refractivity contribution is 6.08. The minimum atomic E-state index is -0.263. The number of aryl methyl sites for hydroxylation is 1. The highest BCUT2D eigenvalue weighted by atomic mass is 19.1. The van der Waals surface area contributed by atoms with Crippen LogP contribution in [0.5, 0.6) is 0 Å². The summed E-state index contributed by atoms with van der Waals surface area (Å²) in [6.07, 6.45) is 1.88. The van der Waals surface area contributed by atoms with Gasteiger partial charge in [-0.2, -0.15) is 5.10 Å². The summed E-state index contributed by atoms with van der Waals surface area (Å²) >= 11 is 0. The van der Waals surface area contributed by atoms with Crippen LogP contribution in [0.4, 0.5) is 4.39 Å². The monoisotopic (exact) mass is 353 g/mol. The van der Waals surface area contributed by atoms with Gasteiger partial charge in [-0.25, -0.2) is 9.07 Å². The summed E-state index contributed by atoms with van der Waals surface area (Å²) in [6, 6.07) is 22.7. The predicted molar refractivity (Wildman–Crippen MR) is 107 cm³/mol. The SMILES string of the molecule is Cc1ccc2ncc3c(-c4ccccc4)nn(-c4ccc(F)cc4)c3c2c1. The Morgan fingerprint density at radius 2 is 1.63 bits per heavy atom. The largest absolute Gasteiger partial charge is 0.255 e. The molecule has 0 atom stereocenters. The summed E-state index contributed by atoms with van der Waals surface area (Å²) in [5.41, 5.74) is 5.76. The number of halogens is 1. The summed E-state index contributed by atoms with van der Waals surface area (Å²) in [4.78, 5) is 4.64. The van der Waals surface area contributed by atoms with Crippen LogP contribution in [0.25, 0.3) is 38.8 Å². The Kier molecular flexibility index (Phi) is 3.50. The molecule has 0 fully saturated rings. The van der Waals surface area contributed by atoms with Gasteiger partial charge in [-0.05, 0) is 43.3 Å². The van der Waals surface area contributed by atoms with Crippen LogP contribution in [0.2, 0.25) is 0 Å². The maximum absolute atomic E-state index is 13.5. The molecule has 0 saturated carbocycles. The molecule has 130 valence electrons. The van der Waals surface area contributed by atoms with Gasteiger partial charge in [0.25, 0.3) is 0 Å². The fourth-order valence-electron chi connectivity index (χ4n) is 3.48. The van der Waals surface area contributed by atoms with E-state index in [1.807, 2.05) is 47.3 Å². The van der Waals surface area contributed by atoms with E-state index in [2.05, 4.69) is 24.0 Å². The van der Waals surface area contributed by atoms with Crippen molar-refractivity contribution in [2.24, 2.45) is 0 Å². The summed E-state index contributed by atoms with van der Waals surface area (Å²) < 4.78 is 15.3. The van der Waals surface area contributed by atoms with E-state index in [1.54, 1.807) is 12.1 Å². The van der Waals surface area contributed by atoms with E-state index in [4.69, 9.17) is 5.10 Å². The Morgan fingerprint density at radius 1 is 0.852 bits per heavy atom. The third-order valence-electron chi connectivity index (χ3n) is 4.78. The van der Waals surface area contributed by atoms with Gasteiger partial charge >= 0.3 is 0 Å². The molecule has 0 spiro atoms. The number of pyridine rings is 1. The smallest absolute Gasteiger partial charge is 0.123 e. The number of nitrogens with zero attached hydrogens (tertiary/aromatic N) is 3. The Bertz CT molecular complexity index is 1270. The van der Waals surface area contributed by atoms with E-state index in [1.165, 1.54) is 12.1 Å². The van der Waals surface area contributed by atoms with E-state index in [0.29, 0.717) is 0 Å². The number of hydrogen-bond donors (Lipinski definition) is 0. The molecule has 4 heteroatoms. The molecule has 0 bridgehead atoms. The Hall–Kier alpha value is -3.53. The van der Waals surface area contributed by atoms with Crippen LogP contribution in [0.15, 0.2) is 79.0 Å². The molecule has 5 aromatic rings. The zero-order chi connectivity index (χ0) is 18.4. The number of aromatic nitrogens is 3. The van der Waals surface area contributed by atoms with Gasteiger partial charge in [0.1, 0.15) is 11.5 Å². The highest BCUT2D eigenvalue weighted by Gasteiger charge is 2.17. The molecule has 0 aliphatic carbocycles. The van der Waals surface area contributed by atoms with Crippen molar-refractivity contribution in [2.45, 2.75) is 6.92 Å². The molecule has 2 heterocycles. The highest BCUT2D eigenvalue weighted by Crippen LogP contribution is 2.33. The minimum Gasteiger partial charge on any atom is -0.255 e. The standard InChI is InChI=1S/C23H16FN3/c1-15-7-12-21-19(13-15)23-20(14-25-21)22(16-5-3-2-4-6-16)26-27(23)18-10-8-17(24)9-11-18/h2-14H,1H3. The van der Waals surface area contributed by atoms with Crippen molar-refractivity contribution < 1.29 is 4.39 Å². The van der Waals surface area contributed by atoms with E-state index < -0.39 is 0 Å². The fourth-order valence-corrected chi connectivity index (χ4v) is 3.48. The summed E-state index contributed by atoms with van der Waals surface area (Å²) in [5, 5.41) is 6.90. The lowest BCUT2D eigenvalue weighted by molar-refractivity contribution is 0.627. The predicted octanol–water partition coefficient (Wildman–Crippen LogP) is 5.69. The lowest BCUT2D eigenvalue weighted by Gasteiger charge is -2.06. The van der Waals surface area contributed by atoms with Crippen LogP contribution >= 0.6 is 0 Å². The first-order chi connectivity index (χ1) is 13.2. The molecule has 2 aromatic heterocycles. The Morgan fingerprint density at radius 3 is 2.41 bits per heavy atom. The normalized spacial score (nSPS) is 11.3. The summed E-state index contributed by atoms with van der Waals surface area (Å²) in [7, 11) is 0. The molecular weight excluding hydrogens is 337 g/mol. The Labute approximate surface area is 155 Å². The average Bonchev–Trinajstić information content (AvgIpc) is 3.09. The molecule has 0 radical (unpaired) electrons. The third kappa shape index (κ3) is 2.57. The third-order valence-corrected chi connectivity index (χ3v) is 4.78. The molecule has 0 amide bonds. The first-order valence-corrected chi connectivity index (χ1v) is 8.80. The van der Waals surface area contributed by atoms with E-state index in [9.17, 15) is 4.39 Å². The van der Waals surface area contributed by atoms with Gasteiger partial charge < -0.3 is 0 Å². The van der Waals surface area contributed by atoms with Gasteiger partial charge in [-0.3, -0.25) is 4.98 Å².